The highest BCUT2D eigenvalue weighted by Crippen LogP contribution is 2.22. The van der Waals surface area contributed by atoms with Gasteiger partial charge >= 0.3 is 0 Å². The summed E-state index contributed by atoms with van der Waals surface area (Å²) in [5.74, 6) is -0.488. The zero-order valence-electron chi connectivity index (χ0n) is 11.3. The lowest BCUT2D eigenvalue weighted by Gasteiger charge is -2.15. The molecule has 2 aromatic rings. The molecule has 0 radical (unpaired) electrons. The van der Waals surface area contributed by atoms with Gasteiger partial charge in [0.2, 0.25) is 0 Å². The lowest BCUT2D eigenvalue weighted by Crippen LogP contribution is -2.27. The number of nitrogens with one attached hydrogen (secondary N) is 1. The molecule has 2 aromatic carbocycles. The Kier molecular flexibility index (Phi) is 4.55. The van der Waals surface area contributed by atoms with Crippen LogP contribution in [0.25, 0.3) is 0 Å². The van der Waals surface area contributed by atoms with Gasteiger partial charge in [-0.3, -0.25) is 4.79 Å². The van der Waals surface area contributed by atoms with Gasteiger partial charge in [0.15, 0.2) is 0 Å². The van der Waals surface area contributed by atoms with Crippen LogP contribution in [0.3, 0.4) is 0 Å². The van der Waals surface area contributed by atoms with Crippen molar-refractivity contribution in [2.75, 3.05) is 0 Å². The van der Waals surface area contributed by atoms with Gasteiger partial charge in [0, 0.05) is 4.47 Å². The van der Waals surface area contributed by atoms with Crippen molar-refractivity contribution < 1.29 is 9.18 Å². The van der Waals surface area contributed by atoms with E-state index >= 15 is 0 Å². The number of aryl methyl sites for hydroxylation is 1. The average Bonchev–Trinajstić information content (AvgIpc) is 2.41. The molecule has 0 saturated heterocycles. The van der Waals surface area contributed by atoms with Crippen LogP contribution in [0.5, 0.6) is 0 Å². The third-order valence-corrected chi connectivity index (χ3v) is 4.19. The number of halogens is 2. The predicted octanol–water partition coefficient (Wildman–Crippen LogP) is 4.39. The summed E-state index contributed by atoms with van der Waals surface area (Å²) in [6.07, 6.45) is 0. The summed E-state index contributed by atoms with van der Waals surface area (Å²) < 4.78 is 14.0. The van der Waals surface area contributed by atoms with Crippen molar-refractivity contribution in [1.29, 1.82) is 0 Å². The molecule has 1 atom stereocenters. The lowest BCUT2D eigenvalue weighted by molar-refractivity contribution is 0.0939. The molecule has 1 amide bonds. The maximum absolute atomic E-state index is 13.2. The fourth-order valence-corrected chi connectivity index (χ4v) is 2.40. The van der Waals surface area contributed by atoms with E-state index in [2.05, 4.69) is 21.2 Å². The van der Waals surface area contributed by atoms with Crippen LogP contribution in [0.15, 0.2) is 46.9 Å². The van der Waals surface area contributed by atoms with E-state index in [1.54, 1.807) is 18.2 Å². The number of hydrogen-bond donors (Lipinski definition) is 1. The molecule has 0 aliphatic heterocycles. The summed E-state index contributed by atoms with van der Waals surface area (Å²) in [6, 6.07) is 11.5. The van der Waals surface area contributed by atoms with E-state index in [1.807, 2.05) is 26.0 Å². The highest BCUT2D eigenvalue weighted by Gasteiger charge is 2.15. The van der Waals surface area contributed by atoms with Gasteiger partial charge in [-0.05, 0) is 59.1 Å². The lowest BCUT2D eigenvalue weighted by atomic mass is 10.1. The highest BCUT2D eigenvalue weighted by molar-refractivity contribution is 9.10. The second-order valence-corrected chi connectivity index (χ2v) is 5.48. The Hall–Kier alpha value is -1.68. The van der Waals surface area contributed by atoms with Crippen LogP contribution in [0.1, 0.15) is 34.5 Å². The molecule has 0 saturated carbocycles. The smallest absolute Gasteiger partial charge is 0.252 e. The van der Waals surface area contributed by atoms with Crippen molar-refractivity contribution >= 4 is 21.8 Å². The molecule has 104 valence electrons. The normalized spacial score (nSPS) is 12.0. The number of benzene rings is 2. The molecular formula is C16H15BrFNO. The molecule has 4 heteroatoms. The first-order chi connectivity index (χ1) is 9.49. The van der Waals surface area contributed by atoms with Crippen LogP contribution in [0, 0.1) is 12.7 Å². The Bertz CT molecular complexity index is 642. The summed E-state index contributed by atoms with van der Waals surface area (Å²) in [5, 5.41) is 2.87. The van der Waals surface area contributed by atoms with Crippen LogP contribution < -0.4 is 5.32 Å². The fourth-order valence-electron chi connectivity index (χ4n) is 1.96. The molecular weight excluding hydrogens is 321 g/mol. The monoisotopic (exact) mass is 335 g/mol. The van der Waals surface area contributed by atoms with Crippen molar-refractivity contribution in [3.8, 4) is 0 Å². The van der Waals surface area contributed by atoms with E-state index in [-0.39, 0.29) is 17.8 Å². The molecule has 1 N–H and O–H groups in total. The van der Waals surface area contributed by atoms with Gasteiger partial charge in [-0.15, -0.1) is 0 Å². The first kappa shape index (κ1) is 14.7. The second kappa shape index (κ2) is 6.18. The highest BCUT2D eigenvalue weighted by atomic mass is 79.9. The van der Waals surface area contributed by atoms with Gasteiger partial charge < -0.3 is 5.32 Å². The van der Waals surface area contributed by atoms with Crippen molar-refractivity contribution in [2.24, 2.45) is 0 Å². The second-order valence-electron chi connectivity index (χ2n) is 4.69. The van der Waals surface area contributed by atoms with Gasteiger partial charge in [-0.25, -0.2) is 4.39 Å². The molecule has 0 bridgehead atoms. The summed E-state index contributed by atoms with van der Waals surface area (Å²) in [7, 11) is 0. The van der Waals surface area contributed by atoms with E-state index in [0.29, 0.717) is 5.56 Å². The van der Waals surface area contributed by atoms with E-state index in [1.165, 1.54) is 12.1 Å². The number of amides is 1. The van der Waals surface area contributed by atoms with Crippen molar-refractivity contribution in [3.05, 3.63) is 69.4 Å². The fraction of sp³-hybridized carbons (Fsp3) is 0.188. The number of carbonyl (C=O) groups is 1. The first-order valence-electron chi connectivity index (χ1n) is 6.30. The van der Waals surface area contributed by atoms with E-state index in [0.717, 1.165) is 15.6 Å². The molecule has 0 aromatic heterocycles. The van der Waals surface area contributed by atoms with Crippen LogP contribution in [0.2, 0.25) is 0 Å². The number of rotatable bonds is 3. The summed E-state index contributed by atoms with van der Waals surface area (Å²) in [4.78, 5) is 12.3. The maximum Gasteiger partial charge on any atom is 0.252 e. The average molecular weight is 336 g/mol. The van der Waals surface area contributed by atoms with Crippen molar-refractivity contribution in [2.45, 2.75) is 19.9 Å². The maximum atomic E-state index is 13.2. The number of carbonyl (C=O) groups excluding carboxylic acids is 1. The minimum atomic E-state index is -0.305. The molecule has 20 heavy (non-hydrogen) atoms. The Balaban J connectivity index is 2.17. The van der Waals surface area contributed by atoms with Gasteiger partial charge in [0.05, 0.1) is 11.6 Å². The molecule has 0 aliphatic rings. The minimum Gasteiger partial charge on any atom is -0.345 e. The van der Waals surface area contributed by atoms with Crippen molar-refractivity contribution in [1.82, 2.24) is 5.32 Å². The summed E-state index contributed by atoms with van der Waals surface area (Å²) >= 11 is 3.42. The summed E-state index contributed by atoms with van der Waals surface area (Å²) in [6.45, 7) is 3.76. The third kappa shape index (κ3) is 3.25. The predicted molar refractivity (Wildman–Crippen MR) is 81.2 cm³/mol. The third-order valence-electron chi connectivity index (χ3n) is 3.13. The molecule has 0 aliphatic carbocycles. The molecule has 0 heterocycles. The Labute approximate surface area is 126 Å². The van der Waals surface area contributed by atoms with E-state index < -0.39 is 0 Å². The Morgan fingerprint density at radius 2 is 1.95 bits per heavy atom. The van der Waals surface area contributed by atoms with E-state index in [9.17, 15) is 9.18 Å². The molecule has 2 nitrogen and oxygen atoms in total. The SMILES string of the molecule is Cc1cccc(C(=O)NC(C)c2cccc(F)c2)c1Br. The quantitative estimate of drug-likeness (QED) is 0.885. The van der Waals surface area contributed by atoms with Crippen molar-refractivity contribution in [3.63, 3.8) is 0 Å². The molecule has 1 unspecified atom stereocenters. The molecule has 0 fully saturated rings. The Morgan fingerprint density at radius 1 is 1.25 bits per heavy atom. The van der Waals surface area contributed by atoms with Crippen LogP contribution in [0.4, 0.5) is 4.39 Å². The van der Waals surface area contributed by atoms with E-state index in [4.69, 9.17) is 0 Å². The standard InChI is InChI=1S/C16H15BrFNO/c1-10-5-3-8-14(15(10)17)16(20)19-11(2)12-6-4-7-13(18)9-12/h3-9,11H,1-2H3,(H,19,20). The zero-order valence-corrected chi connectivity index (χ0v) is 12.9. The topological polar surface area (TPSA) is 29.1 Å². The van der Waals surface area contributed by atoms with Gasteiger partial charge in [0.1, 0.15) is 5.82 Å². The molecule has 0 spiro atoms. The van der Waals surface area contributed by atoms with Crippen LogP contribution in [-0.4, -0.2) is 5.91 Å². The largest absolute Gasteiger partial charge is 0.345 e. The molecule has 2 rings (SSSR count). The zero-order chi connectivity index (χ0) is 14.7. The van der Waals surface area contributed by atoms with Gasteiger partial charge in [0.25, 0.3) is 5.91 Å². The first-order valence-corrected chi connectivity index (χ1v) is 7.10. The summed E-state index contributed by atoms with van der Waals surface area (Å²) in [5.41, 5.74) is 2.31. The van der Waals surface area contributed by atoms with Gasteiger partial charge in [-0.1, -0.05) is 24.3 Å². The Morgan fingerprint density at radius 3 is 2.65 bits per heavy atom. The minimum absolute atomic E-state index is 0.183. The number of hydrogen-bond acceptors (Lipinski definition) is 1. The van der Waals surface area contributed by atoms with Crippen LogP contribution >= 0.6 is 15.9 Å². The van der Waals surface area contributed by atoms with Gasteiger partial charge in [-0.2, -0.15) is 0 Å². The van der Waals surface area contributed by atoms with Crippen LogP contribution in [-0.2, 0) is 0 Å².